The predicted molar refractivity (Wildman–Crippen MR) is 233 cm³/mol. The SMILES string of the molecule is c1ccc(-c2nc(-c3cccc(-c4cccc5c4sc4ccccc45)c3)cc(-c3cccc4c3-c3ccccc3C43c4ccccc4-c4ccccc43)n2)cc1. The van der Waals surface area contributed by atoms with Crippen molar-refractivity contribution in [2.45, 2.75) is 5.41 Å². The van der Waals surface area contributed by atoms with Crippen LogP contribution in [0, 0.1) is 0 Å². The Morgan fingerprint density at radius 3 is 1.70 bits per heavy atom. The van der Waals surface area contributed by atoms with Gasteiger partial charge in [-0.3, -0.25) is 0 Å². The van der Waals surface area contributed by atoms with Crippen molar-refractivity contribution in [3.8, 4) is 67.3 Å². The summed E-state index contributed by atoms with van der Waals surface area (Å²) >= 11 is 1.86. The average molecular weight is 729 g/mol. The van der Waals surface area contributed by atoms with E-state index in [1.165, 1.54) is 75.8 Å². The Bertz CT molecular complexity index is 3170. The molecule has 0 aliphatic heterocycles. The van der Waals surface area contributed by atoms with E-state index < -0.39 is 5.41 Å². The lowest BCUT2D eigenvalue weighted by molar-refractivity contribution is 0.794. The lowest BCUT2D eigenvalue weighted by Crippen LogP contribution is -2.25. The Labute approximate surface area is 329 Å². The fraction of sp³-hybridized carbons (Fsp3) is 0.0189. The number of hydrogen-bond donors (Lipinski definition) is 0. The van der Waals surface area contributed by atoms with E-state index in [4.69, 9.17) is 9.97 Å². The van der Waals surface area contributed by atoms with E-state index in [9.17, 15) is 0 Å². The maximum Gasteiger partial charge on any atom is 0.160 e. The van der Waals surface area contributed by atoms with Crippen LogP contribution in [0.3, 0.4) is 0 Å². The molecule has 0 fully saturated rings. The van der Waals surface area contributed by atoms with Crippen molar-refractivity contribution in [1.29, 1.82) is 0 Å². The third kappa shape index (κ3) is 4.38. The lowest BCUT2D eigenvalue weighted by Gasteiger charge is -2.30. The summed E-state index contributed by atoms with van der Waals surface area (Å²) in [5, 5.41) is 2.61. The van der Waals surface area contributed by atoms with Crippen molar-refractivity contribution in [1.82, 2.24) is 9.97 Å². The van der Waals surface area contributed by atoms with Gasteiger partial charge in [0.05, 0.1) is 16.8 Å². The molecular formula is C53H32N2S. The molecule has 0 atom stereocenters. The van der Waals surface area contributed by atoms with E-state index in [1.54, 1.807) is 0 Å². The van der Waals surface area contributed by atoms with Crippen LogP contribution in [0.25, 0.3) is 87.5 Å². The Balaban J connectivity index is 1.09. The molecule has 0 amide bonds. The molecule has 2 nitrogen and oxygen atoms in total. The molecular weight excluding hydrogens is 697 g/mol. The van der Waals surface area contributed by atoms with Gasteiger partial charge in [0.15, 0.2) is 5.82 Å². The molecule has 10 aromatic rings. The van der Waals surface area contributed by atoms with E-state index in [-0.39, 0.29) is 0 Å². The maximum atomic E-state index is 5.39. The number of benzene rings is 8. The van der Waals surface area contributed by atoms with Gasteiger partial charge in [0, 0.05) is 36.9 Å². The van der Waals surface area contributed by atoms with E-state index in [2.05, 4.69) is 188 Å². The first-order chi connectivity index (χ1) is 27.8. The van der Waals surface area contributed by atoms with Gasteiger partial charge in [-0.05, 0) is 73.8 Å². The summed E-state index contributed by atoms with van der Waals surface area (Å²) in [7, 11) is 0. The summed E-state index contributed by atoms with van der Waals surface area (Å²) in [6, 6.07) is 70.6. The van der Waals surface area contributed by atoms with Crippen LogP contribution in [0.15, 0.2) is 194 Å². The molecule has 1 spiro atoms. The zero-order chi connectivity index (χ0) is 36.8. The summed E-state index contributed by atoms with van der Waals surface area (Å²) in [6.07, 6.45) is 0. The van der Waals surface area contributed by atoms with Gasteiger partial charge in [-0.2, -0.15) is 0 Å². The highest BCUT2D eigenvalue weighted by Crippen LogP contribution is 2.63. The number of nitrogens with zero attached hydrogens (tertiary/aromatic N) is 2. The highest BCUT2D eigenvalue weighted by Gasteiger charge is 2.52. The van der Waals surface area contributed by atoms with Crippen molar-refractivity contribution in [2.24, 2.45) is 0 Å². The molecule has 56 heavy (non-hydrogen) atoms. The molecule has 260 valence electrons. The van der Waals surface area contributed by atoms with Gasteiger partial charge < -0.3 is 0 Å². The molecule has 2 aromatic heterocycles. The highest BCUT2D eigenvalue weighted by atomic mass is 32.1. The van der Waals surface area contributed by atoms with E-state index in [1.807, 2.05) is 17.4 Å². The van der Waals surface area contributed by atoms with Crippen molar-refractivity contribution in [3.63, 3.8) is 0 Å². The van der Waals surface area contributed by atoms with Crippen molar-refractivity contribution < 1.29 is 0 Å². The molecule has 3 heteroatoms. The zero-order valence-corrected chi connectivity index (χ0v) is 31.1. The molecule has 0 saturated carbocycles. The number of fused-ring (bicyclic) bond motifs is 13. The minimum Gasteiger partial charge on any atom is -0.228 e. The first-order valence-electron chi connectivity index (χ1n) is 19.2. The summed E-state index contributed by atoms with van der Waals surface area (Å²) in [4.78, 5) is 10.7. The predicted octanol–water partition coefficient (Wildman–Crippen LogP) is 13.9. The van der Waals surface area contributed by atoms with Crippen LogP contribution in [-0.4, -0.2) is 9.97 Å². The summed E-state index contributed by atoms with van der Waals surface area (Å²) in [5.74, 6) is 0.713. The maximum absolute atomic E-state index is 5.39. The van der Waals surface area contributed by atoms with E-state index in [0.29, 0.717) is 5.82 Å². The average Bonchev–Trinajstić information content (AvgIpc) is 3.91. The van der Waals surface area contributed by atoms with E-state index in [0.717, 1.165) is 28.1 Å². The molecule has 8 aromatic carbocycles. The quantitative estimate of drug-likeness (QED) is 0.180. The van der Waals surface area contributed by atoms with Gasteiger partial charge in [0.25, 0.3) is 0 Å². The topological polar surface area (TPSA) is 25.8 Å². The van der Waals surface area contributed by atoms with Gasteiger partial charge >= 0.3 is 0 Å². The molecule has 0 radical (unpaired) electrons. The summed E-state index contributed by atoms with van der Waals surface area (Å²) in [6.45, 7) is 0. The first kappa shape index (κ1) is 31.4. The minimum absolute atomic E-state index is 0.421. The molecule has 0 N–H and O–H groups in total. The van der Waals surface area contributed by atoms with Gasteiger partial charge in [-0.15, -0.1) is 11.3 Å². The minimum atomic E-state index is -0.421. The zero-order valence-electron chi connectivity index (χ0n) is 30.3. The third-order valence-corrected chi connectivity index (χ3v) is 13.1. The Kier molecular flexibility index (Phi) is 6.75. The van der Waals surface area contributed by atoms with E-state index >= 15 is 0 Å². The number of aromatic nitrogens is 2. The second-order valence-electron chi connectivity index (χ2n) is 14.8. The molecule has 0 bridgehead atoms. The standard InChI is InChI=1S/C53H32N2S/c1-2-15-33(16-3-1)52-54-47(35-18-12-17-34(31-35)36-23-13-24-40-39-21-7-11-30-49(39)56-51(36)40)32-48(55-52)42-25-14-29-46-50(42)41-22-6-10-28-45(41)53(46)43-26-8-4-19-37(43)38-20-5-9-27-44(38)53/h1-32H. The van der Waals surface area contributed by atoms with Gasteiger partial charge in [-0.25, -0.2) is 9.97 Å². The largest absolute Gasteiger partial charge is 0.228 e. The van der Waals surface area contributed by atoms with Crippen LogP contribution >= 0.6 is 11.3 Å². The summed E-state index contributed by atoms with van der Waals surface area (Å²) in [5.41, 5.74) is 17.4. The lowest BCUT2D eigenvalue weighted by atomic mass is 9.70. The molecule has 2 aliphatic carbocycles. The second kappa shape index (κ2) is 12.0. The third-order valence-electron chi connectivity index (χ3n) is 11.9. The fourth-order valence-electron chi connectivity index (χ4n) is 9.63. The van der Waals surface area contributed by atoms with Crippen molar-refractivity contribution >= 4 is 31.5 Å². The van der Waals surface area contributed by atoms with Crippen LogP contribution in [0.1, 0.15) is 22.3 Å². The van der Waals surface area contributed by atoms with Crippen molar-refractivity contribution in [3.05, 3.63) is 216 Å². The number of thiophene rings is 1. The summed E-state index contributed by atoms with van der Waals surface area (Å²) < 4.78 is 2.61. The molecule has 12 rings (SSSR count). The van der Waals surface area contributed by atoms with Gasteiger partial charge in [0.2, 0.25) is 0 Å². The Morgan fingerprint density at radius 1 is 0.357 bits per heavy atom. The second-order valence-corrected chi connectivity index (χ2v) is 15.9. The number of hydrogen-bond acceptors (Lipinski definition) is 3. The monoisotopic (exact) mass is 728 g/mol. The smallest absolute Gasteiger partial charge is 0.160 e. The van der Waals surface area contributed by atoms with Crippen molar-refractivity contribution in [2.75, 3.05) is 0 Å². The first-order valence-corrected chi connectivity index (χ1v) is 20.0. The van der Waals surface area contributed by atoms with Crippen LogP contribution in [0.4, 0.5) is 0 Å². The molecule has 0 unspecified atom stereocenters. The number of rotatable bonds is 4. The van der Waals surface area contributed by atoms with Crippen LogP contribution in [0.2, 0.25) is 0 Å². The Hall–Kier alpha value is -6.94. The van der Waals surface area contributed by atoms with Gasteiger partial charge in [0.1, 0.15) is 0 Å². The van der Waals surface area contributed by atoms with Crippen LogP contribution < -0.4 is 0 Å². The molecule has 2 aliphatic rings. The molecule has 0 saturated heterocycles. The van der Waals surface area contributed by atoms with Gasteiger partial charge in [-0.1, -0.05) is 176 Å². The Morgan fingerprint density at radius 2 is 0.893 bits per heavy atom. The normalized spacial score (nSPS) is 13.1. The molecule has 2 heterocycles. The fourth-order valence-corrected chi connectivity index (χ4v) is 10.9. The van der Waals surface area contributed by atoms with Crippen LogP contribution in [0.5, 0.6) is 0 Å². The van der Waals surface area contributed by atoms with Crippen LogP contribution in [-0.2, 0) is 5.41 Å². The highest BCUT2D eigenvalue weighted by molar-refractivity contribution is 7.26.